The summed E-state index contributed by atoms with van der Waals surface area (Å²) in [5, 5.41) is 0. The zero-order valence-corrected chi connectivity index (χ0v) is 21.7. The van der Waals surface area contributed by atoms with Gasteiger partial charge in [0.2, 0.25) is 16.6 Å². The maximum Gasteiger partial charge on any atom is 0.522 e. The lowest BCUT2D eigenvalue weighted by molar-refractivity contribution is -0.190. The number of alkyl halides is 6. The minimum absolute atomic E-state index is 0.402. The molecule has 0 saturated carbocycles. The van der Waals surface area contributed by atoms with E-state index in [-0.39, 0.29) is 0 Å². The van der Waals surface area contributed by atoms with Crippen LogP contribution in [0.15, 0.2) is 0 Å². The summed E-state index contributed by atoms with van der Waals surface area (Å²) in [6, 6.07) is 0.994. The van der Waals surface area contributed by atoms with Gasteiger partial charge < -0.3 is 8.30 Å². The van der Waals surface area contributed by atoms with E-state index in [1.165, 1.54) is 13.1 Å². The summed E-state index contributed by atoms with van der Waals surface area (Å²) in [7, 11) is -10.7. The van der Waals surface area contributed by atoms with Gasteiger partial charge in [-0.15, -0.1) is 0 Å². The highest BCUT2D eigenvalue weighted by Crippen LogP contribution is 2.29. The van der Waals surface area contributed by atoms with Crippen LogP contribution >= 0.6 is 0 Å². The third-order valence-electron chi connectivity index (χ3n) is 3.98. The molecule has 31 heavy (non-hydrogen) atoms. The highest BCUT2D eigenvalue weighted by Gasteiger charge is 2.50. The number of hydrogen-bond acceptors (Lipinski definition) is 5. The molecule has 5 nitrogen and oxygen atoms in total. The molecule has 0 aliphatic heterocycles. The van der Waals surface area contributed by atoms with E-state index >= 15 is 0 Å². The molecule has 0 aliphatic carbocycles. The van der Waals surface area contributed by atoms with Crippen molar-refractivity contribution in [2.24, 2.45) is 0 Å². The van der Waals surface area contributed by atoms with Crippen LogP contribution in [0.2, 0.25) is 38.3 Å². The number of hydrogen-bond donors (Lipinski definition) is 0. The molecule has 188 valence electrons. The molecule has 0 aromatic carbocycles. The third-order valence-corrected chi connectivity index (χ3v) is 11.1. The quantitative estimate of drug-likeness (QED) is 0.131. The molecule has 0 aromatic rings. The molecule has 0 radical (unpaired) electrons. The first-order chi connectivity index (χ1) is 13.7. The largest absolute Gasteiger partial charge is 0.522 e. The normalized spacial score (nSPS) is 13.4. The Bertz CT molecular complexity index is 634. The van der Waals surface area contributed by atoms with Gasteiger partial charge in [0, 0.05) is 0 Å². The molecule has 0 amide bonds. The van der Waals surface area contributed by atoms with Crippen molar-refractivity contribution >= 4 is 32.7 Å². The van der Waals surface area contributed by atoms with Crippen LogP contribution in [0.4, 0.5) is 26.3 Å². The standard InChI is InChI=1S/C10H19F3O2Si.C7H15F3O3SSi/c1-4-5-6-7-8-16(2,3)15-9(14)10(11,12)13;1-4-5-6-15(2,3)13-14(11,12)7(8,9)10/h4-8H2,1-3H3;4-6H2,1-3H3. The smallest absolute Gasteiger partial charge is 0.513 e. The SMILES string of the molecule is CCCCCC[Si](C)(C)OC(=O)C(F)(F)F.CCCC[Si](C)(C)OS(=O)(=O)C(F)(F)F. The topological polar surface area (TPSA) is 69.7 Å². The first-order valence-electron chi connectivity index (χ1n) is 10.0. The van der Waals surface area contributed by atoms with Crippen molar-refractivity contribution in [3.8, 4) is 0 Å². The Morgan fingerprint density at radius 3 is 1.61 bits per heavy atom. The van der Waals surface area contributed by atoms with Gasteiger partial charge in [-0.3, -0.25) is 0 Å². The van der Waals surface area contributed by atoms with Crippen LogP contribution in [0.1, 0.15) is 52.4 Å². The number of unbranched alkanes of at least 4 members (excludes halogenated alkanes) is 4. The Morgan fingerprint density at radius 1 is 0.774 bits per heavy atom. The fourth-order valence-electron chi connectivity index (χ4n) is 2.33. The number of rotatable bonds is 11. The van der Waals surface area contributed by atoms with Gasteiger partial charge in [0.15, 0.2) is 0 Å². The van der Waals surface area contributed by atoms with Crippen molar-refractivity contribution < 1.29 is 47.9 Å². The monoisotopic (exact) mass is 520 g/mol. The van der Waals surface area contributed by atoms with Gasteiger partial charge in [-0.25, -0.2) is 4.79 Å². The number of carbonyl (C=O) groups excluding carboxylic acids is 1. The summed E-state index contributed by atoms with van der Waals surface area (Å²) in [4.78, 5) is 10.7. The van der Waals surface area contributed by atoms with E-state index in [0.29, 0.717) is 18.5 Å². The molecular formula is C17H34F6O5SSi2. The van der Waals surface area contributed by atoms with E-state index in [1.54, 1.807) is 13.1 Å². The van der Waals surface area contributed by atoms with E-state index in [9.17, 15) is 39.6 Å². The molecule has 0 N–H and O–H groups in total. The summed E-state index contributed by atoms with van der Waals surface area (Å²) >= 11 is 0. The van der Waals surface area contributed by atoms with E-state index in [2.05, 4.69) is 15.2 Å². The number of halogens is 6. The number of carbonyl (C=O) groups is 1. The molecule has 0 aromatic heterocycles. The maximum absolute atomic E-state index is 12.0. The molecule has 0 spiro atoms. The highest BCUT2D eigenvalue weighted by atomic mass is 32.2. The first-order valence-corrected chi connectivity index (χ1v) is 17.7. The van der Waals surface area contributed by atoms with Gasteiger partial charge in [-0.05, 0) is 38.3 Å². The highest BCUT2D eigenvalue weighted by molar-refractivity contribution is 7.88. The minimum atomic E-state index is -5.42. The average Bonchev–Trinajstić information content (AvgIpc) is 2.54. The molecular weight excluding hydrogens is 486 g/mol. The predicted molar refractivity (Wildman–Crippen MR) is 112 cm³/mol. The van der Waals surface area contributed by atoms with Gasteiger partial charge in [-0.1, -0.05) is 52.4 Å². The molecule has 0 unspecified atom stereocenters. The lowest BCUT2D eigenvalue weighted by atomic mass is 10.2. The molecule has 0 atom stereocenters. The zero-order valence-electron chi connectivity index (χ0n) is 18.9. The minimum Gasteiger partial charge on any atom is -0.513 e. The molecule has 0 saturated heterocycles. The second-order valence-electron chi connectivity index (χ2n) is 8.30. The van der Waals surface area contributed by atoms with Crippen molar-refractivity contribution in [1.29, 1.82) is 0 Å². The van der Waals surface area contributed by atoms with Gasteiger partial charge >= 0.3 is 27.8 Å². The van der Waals surface area contributed by atoms with Crippen LogP contribution in [-0.4, -0.2) is 42.7 Å². The van der Waals surface area contributed by atoms with Crippen molar-refractivity contribution in [1.82, 2.24) is 0 Å². The van der Waals surface area contributed by atoms with Crippen molar-refractivity contribution in [3.05, 3.63) is 0 Å². The van der Waals surface area contributed by atoms with E-state index in [1.807, 2.05) is 6.92 Å². The Kier molecular flexibility index (Phi) is 13.9. The second kappa shape index (κ2) is 13.2. The van der Waals surface area contributed by atoms with Gasteiger partial charge in [0.05, 0.1) is 0 Å². The average molecular weight is 521 g/mol. The fourth-order valence-corrected chi connectivity index (χ4v) is 8.44. The van der Waals surface area contributed by atoms with Crippen LogP contribution in [0, 0.1) is 0 Å². The summed E-state index contributed by atoms with van der Waals surface area (Å²) in [6.07, 6.45) is 0.558. The van der Waals surface area contributed by atoms with Crippen LogP contribution in [0.3, 0.4) is 0 Å². The summed E-state index contributed by atoms with van der Waals surface area (Å²) in [5.41, 5.74) is -5.32. The first kappa shape index (κ1) is 32.6. The molecule has 14 heteroatoms. The Morgan fingerprint density at radius 2 is 1.23 bits per heavy atom. The maximum atomic E-state index is 12.0. The van der Waals surface area contributed by atoms with Crippen LogP contribution in [0.25, 0.3) is 0 Å². The van der Waals surface area contributed by atoms with Crippen molar-refractivity contribution in [2.75, 3.05) is 0 Å². The van der Waals surface area contributed by atoms with Crippen molar-refractivity contribution in [2.45, 2.75) is 102 Å². The molecule has 0 bridgehead atoms. The van der Waals surface area contributed by atoms with Crippen molar-refractivity contribution in [3.63, 3.8) is 0 Å². The second-order valence-corrected chi connectivity index (χ2v) is 18.6. The van der Waals surface area contributed by atoms with Gasteiger partial charge in [0.1, 0.15) is 0 Å². The third kappa shape index (κ3) is 15.8. The van der Waals surface area contributed by atoms with Crippen LogP contribution < -0.4 is 0 Å². The lowest BCUT2D eigenvalue weighted by Crippen LogP contribution is -2.39. The summed E-state index contributed by atoms with van der Waals surface area (Å²) in [6.45, 7) is 10.2. The lowest BCUT2D eigenvalue weighted by Gasteiger charge is -2.23. The van der Waals surface area contributed by atoms with E-state index < -0.39 is 44.4 Å². The van der Waals surface area contributed by atoms with Crippen LogP contribution in [0.5, 0.6) is 0 Å². The molecule has 0 aliphatic rings. The van der Waals surface area contributed by atoms with Crippen LogP contribution in [-0.2, 0) is 23.2 Å². The van der Waals surface area contributed by atoms with Gasteiger partial charge in [0.25, 0.3) is 0 Å². The van der Waals surface area contributed by atoms with E-state index in [0.717, 1.165) is 32.1 Å². The molecule has 0 fully saturated rings. The Balaban J connectivity index is 0. The van der Waals surface area contributed by atoms with E-state index in [4.69, 9.17) is 0 Å². The summed E-state index contributed by atoms with van der Waals surface area (Å²) in [5.74, 6) is -2.04. The molecule has 0 rings (SSSR count). The molecule has 0 heterocycles. The fraction of sp³-hybridized carbons (Fsp3) is 0.941. The zero-order chi connectivity index (χ0) is 25.1. The predicted octanol–water partition coefficient (Wildman–Crippen LogP) is 6.74. The van der Waals surface area contributed by atoms with Gasteiger partial charge in [-0.2, -0.15) is 34.8 Å². The summed E-state index contributed by atoms with van der Waals surface area (Å²) < 4.78 is 102. The Hall–Kier alpha value is -0.606. The Labute approximate surface area is 183 Å².